The molecule has 0 fully saturated rings. The zero-order valence-corrected chi connectivity index (χ0v) is 2.99. The smallest absolute Gasteiger partial charge is 0.206 e. The molecule has 0 N–H and O–H groups in total. The van der Waals surface area contributed by atoms with E-state index in [0.29, 0.717) is 0 Å². The fourth-order valence-corrected chi connectivity index (χ4v) is 0.0456. The SMILES string of the molecule is O=C=N[S+]=O. The maximum Gasteiger partial charge on any atom is 0.665 e. The molecule has 0 saturated heterocycles. The van der Waals surface area contributed by atoms with Crippen molar-refractivity contribution < 1.29 is 9.00 Å². The predicted molar refractivity (Wildman–Crippen MR) is 16.2 cm³/mol. The molecular weight excluding hydrogens is 90.1 g/mol. The molecule has 3 nitrogen and oxygen atoms in total. The van der Waals surface area contributed by atoms with E-state index >= 15 is 0 Å². The molecular formula is CNO2S+. The zero-order chi connectivity index (χ0) is 4.12. The minimum absolute atomic E-state index is 0.147. The van der Waals surface area contributed by atoms with Crippen LogP contribution in [-0.2, 0) is 20.9 Å². The quantitative estimate of drug-likeness (QED) is 0.191. The van der Waals surface area contributed by atoms with Gasteiger partial charge >= 0.3 is 17.9 Å². The first kappa shape index (κ1) is 4.40. The van der Waals surface area contributed by atoms with Gasteiger partial charge in [-0.25, -0.2) is 4.79 Å². The van der Waals surface area contributed by atoms with E-state index < -0.39 is 0 Å². The van der Waals surface area contributed by atoms with E-state index in [9.17, 15) is 0 Å². The van der Waals surface area contributed by atoms with Crippen molar-refractivity contribution in [1.82, 2.24) is 0 Å². The lowest BCUT2D eigenvalue weighted by Gasteiger charge is -1.13. The van der Waals surface area contributed by atoms with Crippen LogP contribution in [0.2, 0.25) is 0 Å². The van der Waals surface area contributed by atoms with E-state index in [1.54, 1.807) is 0 Å². The fourth-order valence-electron chi connectivity index (χ4n) is 0.0152. The highest BCUT2D eigenvalue weighted by Gasteiger charge is 1.78. The Hall–Kier alpha value is -0.600. The monoisotopic (exact) mass is 90.0 g/mol. The van der Waals surface area contributed by atoms with Crippen molar-refractivity contribution in [2.75, 3.05) is 0 Å². The van der Waals surface area contributed by atoms with Crippen LogP contribution in [0.3, 0.4) is 0 Å². The summed E-state index contributed by atoms with van der Waals surface area (Å²) in [5.74, 6) is 0. The van der Waals surface area contributed by atoms with Gasteiger partial charge in [-0.05, 0) is 0 Å². The number of isocyanates is 1. The molecule has 5 heavy (non-hydrogen) atoms. The minimum atomic E-state index is -0.147. The van der Waals surface area contributed by atoms with Crippen molar-refractivity contribution >= 4 is 17.9 Å². The molecule has 0 aromatic heterocycles. The Morgan fingerprint density at radius 2 is 2.40 bits per heavy atom. The van der Waals surface area contributed by atoms with E-state index in [1.165, 1.54) is 0 Å². The summed E-state index contributed by atoms with van der Waals surface area (Å²) in [5.41, 5.74) is 0. The van der Waals surface area contributed by atoms with Crippen LogP contribution in [0.1, 0.15) is 0 Å². The van der Waals surface area contributed by atoms with Crippen molar-refractivity contribution in [1.29, 1.82) is 0 Å². The topological polar surface area (TPSA) is 46.5 Å². The molecule has 26 valence electrons. The third kappa shape index (κ3) is 3.40. The number of rotatable bonds is 1. The Kier molecular flexibility index (Phi) is 2.99. The second kappa shape index (κ2) is 3.40. The average Bonchev–Trinajstić information content (AvgIpc) is 1.41. The molecule has 0 unspecified atom stereocenters. The molecule has 0 aliphatic carbocycles. The van der Waals surface area contributed by atoms with Crippen molar-refractivity contribution in [3.8, 4) is 0 Å². The van der Waals surface area contributed by atoms with Gasteiger partial charge in [-0.3, -0.25) is 0 Å². The first-order chi connectivity index (χ1) is 2.41. The second-order valence-electron chi connectivity index (χ2n) is 0.257. The van der Waals surface area contributed by atoms with Gasteiger partial charge in [0, 0.05) is 0 Å². The van der Waals surface area contributed by atoms with Crippen LogP contribution in [0, 0.1) is 0 Å². The molecule has 4 heteroatoms. The summed E-state index contributed by atoms with van der Waals surface area (Å²) in [6.07, 6.45) is 1.04. The van der Waals surface area contributed by atoms with E-state index in [2.05, 4.69) is 4.40 Å². The zero-order valence-electron chi connectivity index (χ0n) is 2.17. The van der Waals surface area contributed by atoms with Gasteiger partial charge in [0.15, 0.2) is 4.40 Å². The van der Waals surface area contributed by atoms with Crippen LogP contribution >= 0.6 is 0 Å². The highest BCUT2D eigenvalue weighted by molar-refractivity contribution is 7.64. The van der Waals surface area contributed by atoms with Gasteiger partial charge in [-0.15, -0.1) is 0 Å². The van der Waals surface area contributed by atoms with Crippen molar-refractivity contribution in [2.24, 2.45) is 4.40 Å². The summed E-state index contributed by atoms with van der Waals surface area (Å²) >= 11 is -0.147. The number of nitrogens with zero attached hydrogens (tertiary/aromatic N) is 1. The molecule has 0 heterocycles. The Morgan fingerprint density at radius 3 is 2.40 bits per heavy atom. The lowest BCUT2D eigenvalue weighted by Crippen LogP contribution is -1.43. The van der Waals surface area contributed by atoms with Crippen molar-refractivity contribution in [3.63, 3.8) is 0 Å². The van der Waals surface area contributed by atoms with Crippen molar-refractivity contribution in [2.45, 2.75) is 0 Å². The molecule has 0 aromatic carbocycles. The summed E-state index contributed by atoms with van der Waals surface area (Å²) in [7, 11) is 0. The van der Waals surface area contributed by atoms with Crippen LogP contribution in [0.4, 0.5) is 0 Å². The molecule has 0 spiro atoms. The molecule has 0 aromatic rings. The fraction of sp³-hybridized carbons (Fsp3) is 0. The van der Waals surface area contributed by atoms with Gasteiger partial charge in [-0.1, -0.05) is 0 Å². The van der Waals surface area contributed by atoms with E-state index in [0.717, 1.165) is 6.08 Å². The molecule has 0 bridgehead atoms. The minimum Gasteiger partial charge on any atom is -0.206 e. The van der Waals surface area contributed by atoms with Crippen LogP contribution in [0.15, 0.2) is 4.40 Å². The Labute approximate surface area is 32.3 Å². The maximum absolute atomic E-state index is 9.02. The second-order valence-corrected chi connectivity index (χ2v) is 0.589. The van der Waals surface area contributed by atoms with E-state index in [-0.39, 0.29) is 11.9 Å². The van der Waals surface area contributed by atoms with Gasteiger partial charge in [0.05, 0.1) is 4.21 Å². The largest absolute Gasteiger partial charge is 0.665 e. The maximum atomic E-state index is 9.02. The highest BCUT2D eigenvalue weighted by Crippen LogP contribution is 1.44. The Morgan fingerprint density at radius 1 is 1.80 bits per heavy atom. The summed E-state index contributed by atoms with van der Waals surface area (Å²) in [6, 6.07) is 0. The Balaban J connectivity index is 3.31. The van der Waals surface area contributed by atoms with Crippen LogP contribution in [-0.4, -0.2) is 6.08 Å². The molecule has 0 saturated carbocycles. The Bertz CT molecular complexity index is 73.7. The van der Waals surface area contributed by atoms with Gasteiger partial charge in [0.2, 0.25) is 0 Å². The summed E-state index contributed by atoms with van der Waals surface area (Å²) in [4.78, 5) is 8.89. The summed E-state index contributed by atoms with van der Waals surface area (Å²) < 4.78 is 11.5. The number of hydrogen-bond donors (Lipinski definition) is 0. The lowest BCUT2D eigenvalue weighted by molar-refractivity contribution is 0.565. The first-order valence-electron chi connectivity index (χ1n) is 0.777. The first-order valence-corrected chi connectivity index (χ1v) is 1.48. The summed E-state index contributed by atoms with van der Waals surface area (Å²) in [5, 5.41) is 0. The number of hydrogen-bond acceptors (Lipinski definition) is 2. The molecule has 0 atom stereocenters. The predicted octanol–water partition coefficient (Wildman–Crippen LogP) is -0.335. The van der Waals surface area contributed by atoms with Crippen LogP contribution < -0.4 is 0 Å². The molecule has 0 aliphatic heterocycles. The lowest BCUT2D eigenvalue weighted by atomic mass is 11.7. The molecule has 0 rings (SSSR count). The normalized spacial score (nSPS) is 4.80. The average molecular weight is 90.1 g/mol. The third-order valence-electron chi connectivity index (χ3n) is 0.0745. The molecule has 0 aliphatic rings. The van der Waals surface area contributed by atoms with Crippen LogP contribution in [0.5, 0.6) is 0 Å². The van der Waals surface area contributed by atoms with E-state index in [4.69, 9.17) is 9.00 Å². The molecule has 0 amide bonds. The number of carbonyl (C=O) groups excluding carboxylic acids is 1. The highest BCUT2D eigenvalue weighted by atomic mass is 32.2. The summed E-state index contributed by atoms with van der Waals surface area (Å²) in [6.45, 7) is 0. The van der Waals surface area contributed by atoms with Gasteiger partial charge < -0.3 is 0 Å². The van der Waals surface area contributed by atoms with Crippen molar-refractivity contribution in [3.05, 3.63) is 0 Å². The van der Waals surface area contributed by atoms with Gasteiger partial charge in [0.1, 0.15) is 0 Å². The van der Waals surface area contributed by atoms with Gasteiger partial charge in [0.25, 0.3) is 0 Å². The van der Waals surface area contributed by atoms with Gasteiger partial charge in [-0.2, -0.15) is 0 Å². The van der Waals surface area contributed by atoms with Crippen LogP contribution in [0.25, 0.3) is 0 Å². The standard InChI is InChI=1S/CNO2S/c3-1-2-5-4/q+1. The van der Waals surface area contributed by atoms with E-state index in [1.807, 2.05) is 0 Å². The third-order valence-corrected chi connectivity index (χ3v) is 0.224. The molecule has 0 radical (unpaired) electrons.